The predicted molar refractivity (Wildman–Crippen MR) is 142 cm³/mol. The summed E-state index contributed by atoms with van der Waals surface area (Å²) in [5.41, 5.74) is 4.57. The Hall–Kier alpha value is -4.72. The molecule has 8 heteroatoms. The zero-order valence-corrected chi connectivity index (χ0v) is 20.7. The van der Waals surface area contributed by atoms with Gasteiger partial charge in [-0.05, 0) is 56.2 Å². The van der Waals surface area contributed by atoms with Crippen molar-refractivity contribution in [1.82, 2.24) is 24.5 Å². The van der Waals surface area contributed by atoms with E-state index in [-0.39, 0.29) is 18.1 Å². The Morgan fingerprint density at radius 3 is 2.46 bits per heavy atom. The van der Waals surface area contributed by atoms with Gasteiger partial charge in [0.05, 0.1) is 16.9 Å². The second kappa shape index (κ2) is 10.5. The van der Waals surface area contributed by atoms with Gasteiger partial charge in [-0.25, -0.2) is 9.67 Å². The molecule has 0 bridgehead atoms. The van der Waals surface area contributed by atoms with Gasteiger partial charge in [-0.2, -0.15) is 5.10 Å². The molecule has 1 amide bonds. The lowest BCUT2D eigenvalue weighted by atomic mass is 10.1. The van der Waals surface area contributed by atoms with E-state index < -0.39 is 0 Å². The summed E-state index contributed by atoms with van der Waals surface area (Å²) in [5.74, 6) is 0.119. The fraction of sp³-hybridized carbons (Fsp3) is 0.172. The monoisotopic (exact) mass is 493 g/mol. The first kappa shape index (κ1) is 24.0. The number of hydrogen-bond acceptors (Lipinski definition) is 5. The van der Waals surface area contributed by atoms with Crippen LogP contribution in [0.2, 0.25) is 0 Å². The summed E-state index contributed by atoms with van der Waals surface area (Å²) in [6, 6.07) is 25.0. The maximum absolute atomic E-state index is 13.5. The summed E-state index contributed by atoms with van der Waals surface area (Å²) in [6.45, 7) is 4.06. The lowest BCUT2D eigenvalue weighted by molar-refractivity contribution is -0.123. The third-order valence-corrected chi connectivity index (χ3v) is 6.08. The van der Waals surface area contributed by atoms with Crippen LogP contribution in [0.15, 0.2) is 89.9 Å². The molecule has 0 aliphatic rings. The molecular formula is C29H27N5O3. The van der Waals surface area contributed by atoms with Gasteiger partial charge in [0.1, 0.15) is 5.69 Å². The van der Waals surface area contributed by atoms with Crippen molar-refractivity contribution in [3.8, 4) is 22.7 Å². The maximum atomic E-state index is 13.5. The number of aryl methyl sites for hydroxylation is 2. The molecule has 0 spiro atoms. The lowest BCUT2D eigenvalue weighted by Crippen LogP contribution is -2.30. The molecule has 0 saturated carbocycles. The number of amides is 1. The molecule has 8 nitrogen and oxygen atoms in total. The van der Waals surface area contributed by atoms with Crippen LogP contribution in [0.3, 0.4) is 0 Å². The molecule has 0 unspecified atom stereocenters. The third-order valence-electron chi connectivity index (χ3n) is 6.08. The molecule has 3 heterocycles. The molecule has 0 aliphatic carbocycles. The number of ether oxygens (including phenoxy) is 1. The number of fused-ring (bicyclic) bond motifs is 1. The summed E-state index contributed by atoms with van der Waals surface area (Å²) in [7, 11) is 0. The van der Waals surface area contributed by atoms with Crippen molar-refractivity contribution in [3.63, 3.8) is 0 Å². The zero-order valence-electron chi connectivity index (χ0n) is 20.7. The van der Waals surface area contributed by atoms with Crippen LogP contribution >= 0.6 is 0 Å². The first-order chi connectivity index (χ1) is 18.0. The Bertz CT molecular complexity index is 1610. The summed E-state index contributed by atoms with van der Waals surface area (Å²) in [6.07, 6.45) is 2.38. The van der Waals surface area contributed by atoms with Gasteiger partial charge in [0.15, 0.2) is 18.0 Å². The minimum absolute atomic E-state index is 0.175. The van der Waals surface area contributed by atoms with Crippen LogP contribution in [-0.4, -0.2) is 38.2 Å². The molecule has 0 aliphatic heterocycles. The molecule has 37 heavy (non-hydrogen) atoms. The summed E-state index contributed by atoms with van der Waals surface area (Å²) < 4.78 is 9.00. The van der Waals surface area contributed by atoms with Crippen LogP contribution in [0.25, 0.3) is 22.6 Å². The van der Waals surface area contributed by atoms with Gasteiger partial charge in [0.2, 0.25) is 0 Å². The molecular weight excluding hydrogens is 466 g/mol. The van der Waals surface area contributed by atoms with Crippen molar-refractivity contribution in [1.29, 1.82) is 0 Å². The van der Waals surface area contributed by atoms with Gasteiger partial charge >= 0.3 is 0 Å². The van der Waals surface area contributed by atoms with Gasteiger partial charge in [0.25, 0.3) is 11.5 Å². The number of nitrogens with one attached hydrogen (secondary N) is 1. The highest BCUT2D eigenvalue weighted by Gasteiger charge is 2.18. The lowest BCUT2D eigenvalue weighted by Gasteiger charge is -2.12. The van der Waals surface area contributed by atoms with E-state index in [0.717, 1.165) is 23.4 Å². The van der Waals surface area contributed by atoms with E-state index >= 15 is 0 Å². The van der Waals surface area contributed by atoms with E-state index in [0.29, 0.717) is 34.9 Å². The minimum Gasteiger partial charge on any atom is -0.480 e. The predicted octanol–water partition coefficient (Wildman–Crippen LogP) is 3.90. The highest BCUT2D eigenvalue weighted by atomic mass is 16.5. The Morgan fingerprint density at radius 1 is 0.973 bits per heavy atom. The largest absolute Gasteiger partial charge is 0.480 e. The fourth-order valence-electron chi connectivity index (χ4n) is 4.26. The van der Waals surface area contributed by atoms with E-state index in [9.17, 15) is 9.59 Å². The molecule has 1 N–H and O–H groups in total. The minimum atomic E-state index is -0.252. The van der Waals surface area contributed by atoms with Gasteiger partial charge in [-0.1, -0.05) is 48.5 Å². The van der Waals surface area contributed by atoms with Crippen LogP contribution in [0, 0.1) is 13.8 Å². The van der Waals surface area contributed by atoms with Crippen LogP contribution in [0.1, 0.15) is 17.0 Å². The third kappa shape index (κ3) is 5.13. The number of para-hydroxylation sites is 1. The highest BCUT2D eigenvalue weighted by Crippen LogP contribution is 2.24. The molecule has 5 rings (SSSR count). The number of rotatable bonds is 8. The second-order valence-electron chi connectivity index (χ2n) is 8.74. The average Bonchev–Trinajstić information content (AvgIpc) is 3.29. The molecule has 2 aromatic carbocycles. The second-order valence-corrected chi connectivity index (χ2v) is 8.74. The van der Waals surface area contributed by atoms with Crippen molar-refractivity contribution < 1.29 is 9.53 Å². The Labute approximate surface area is 214 Å². The SMILES string of the molecule is Cc1nc2c(OCC(=O)NCCc3ccccc3)cccn2c(=O)c1-c1cc(C)n(-c2ccccc2)n1. The molecule has 5 aromatic rings. The van der Waals surface area contributed by atoms with E-state index in [1.165, 1.54) is 4.40 Å². The topological polar surface area (TPSA) is 90.5 Å². The number of carbonyl (C=O) groups excluding carboxylic acids is 1. The zero-order chi connectivity index (χ0) is 25.8. The number of hydrogen-bond donors (Lipinski definition) is 1. The summed E-state index contributed by atoms with van der Waals surface area (Å²) in [5, 5.41) is 7.55. The molecule has 0 fully saturated rings. The average molecular weight is 494 g/mol. The molecule has 0 radical (unpaired) electrons. The van der Waals surface area contributed by atoms with Crippen LogP contribution in [0.5, 0.6) is 5.75 Å². The van der Waals surface area contributed by atoms with Gasteiger partial charge in [0, 0.05) is 18.4 Å². The van der Waals surface area contributed by atoms with Crippen molar-refractivity contribution in [3.05, 3.63) is 112 Å². The van der Waals surface area contributed by atoms with Crippen LogP contribution in [-0.2, 0) is 11.2 Å². The van der Waals surface area contributed by atoms with Gasteiger partial charge < -0.3 is 10.1 Å². The van der Waals surface area contributed by atoms with Crippen LogP contribution < -0.4 is 15.6 Å². The van der Waals surface area contributed by atoms with Gasteiger partial charge in [-0.15, -0.1) is 0 Å². The number of benzene rings is 2. The Morgan fingerprint density at radius 2 is 1.70 bits per heavy atom. The molecule has 0 atom stereocenters. The number of pyridine rings is 1. The summed E-state index contributed by atoms with van der Waals surface area (Å²) in [4.78, 5) is 30.5. The number of nitrogens with zero attached hydrogens (tertiary/aromatic N) is 4. The van der Waals surface area contributed by atoms with Crippen molar-refractivity contribution in [2.75, 3.05) is 13.2 Å². The standard InChI is InChI=1S/C29H27N5O3/c1-20-18-24(32-34(20)23-12-7-4-8-13-23)27-21(2)31-28-25(14-9-17-33(28)29(27)36)37-19-26(35)30-16-15-22-10-5-3-6-11-22/h3-14,17-18H,15-16,19H2,1-2H3,(H,30,35). The number of aromatic nitrogens is 4. The normalized spacial score (nSPS) is 11.0. The quantitative estimate of drug-likeness (QED) is 0.354. The number of carbonyl (C=O) groups is 1. The maximum Gasteiger partial charge on any atom is 0.267 e. The Balaban J connectivity index is 1.36. The van der Waals surface area contributed by atoms with Crippen molar-refractivity contribution >= 4 is 11.6 Å². The highest BCUT2D eigenvalue weighted by molar-refractivity contribution is 5.77. The van der Waals surface area contributed by atoms with Gasteiger partial charge in [-0.3, -0.25) is 14.0 Å². The van der Waals surface area contributed by atoms with Crippen molar-refractivity contribution in [2.45, 2.75) is 20.3 Å². The molecule has 186 valence electrons. The van der Waals surface area contributed by atoms with E-state index in [1.54, 1.807) is 29.9 Å². The Kier molecular flexibility index (Phi) is 6.81. The molecule has 0 saturated heterocycles. The first-order valence-corrected chi connectivity index (χ1v) is 12.1. The van der Waals surface area contributed by atoms with Crippen molar-refractivity contribution in [2.24, 2.45) is 0 Å². The smallest absolute Gasteiger partial charge is 0.267 e. The van der Waals surface area contributed by atoms with E-state index in [2.05, 4.69) is 10.3 Å². The first-order valence-electron chi connectivity index (χ1n) is 12.1. The van der Waals surface area contributed by atoms with Crippen LogP contribution in [0.4, 0.5) is 0 Å². The fourth-order valence-corrected chi connectivity index (χ4v) is 4.26. The van der Waals surface area contributed by atoms with E-state index in [1.807, 2.05) is 73.7 Å². The summed E-state index contributed by atoms with van der Waals surface area (Å²) >= 11 is 0. The van der Waals surface area contributed by atoms with E-state index in [4.69, 9.17) is 9.84 Å². The molecule has 3 aromatic heterocycles.